The van der Waals surface area contributed by atoms with Crippen LogP contribution in [0.5, 0.6) is 6.08 Å². The van der Waals surface area contributed by atoms with Crippen molar-refractivity contribution in [2.24, 2.45) is 5.92 Å². The van der Waals surface area contributed by atoms with E-state index in [1.54, 1.807) is 6.92 Å². The van der Waals surface area contributed by atoms with Gasteiger partial charge in [-0.1, -0.05) is 5.10 Å². The van der Waals surface area contributed by atoms with Crippen molar-refractivity contribution in [1.82, 2.24) is 10.2 Å². The molecule has 1 aliphatic rings. The van der Waals surface area contributed by atoms with Gasteiger partial charge in [-0.3, -0.25) is 4.79 Å². The van der Waals surface area contributed by atoms with Gasteiger partial charge in [0.1, 0.15) is 0 Å². The zero-order chi connectivity index (χ0) is 8.55. The standard InChI is InChI=1S/C7H8N2O3/c1-4-8-9-7(11-4)12-6(10)5-2-3-5/h5H,2-3H2,1H3. The van der Waals surface area contributed by atoms with Crippen LogP contribution in [0.25, 0.3) is 0 Å². The van der Waals surface area contributed by atoms with E-state index in [1.165, 1.54) is 0 Å². The fourth-order valence-electron chi connectivity index (χ4n) is 0.808. The van der Waals surface area contributed by atoms with Crippen molar-refractivity contribution in [3.8, 4) is 6.08 Å². The molecule has 64 valence electrons. The summed E-state index contributed by atoms with van der Waals surface area (Å²) in [6, 6.07) is 0. The maximum atomic E-state index is 11.0. The number of aromatic nitrogens is 2. The van der Waals surface area contributed by atoms with Crippen LogP contribution >= 0.6 is 0 Å². The molecule has 1 aromatic heterocycles. The smallest absolute Gasteiger partial charge is 0.393 e. The second-order valence-corrected chi connectivity index (χ2v) is 2.78. The van der Waals surface area contributed by atoms with Gasteiger partial charge in [-0.2, -0.15) is 0 Å². The zero-order valence-electron chi connectivity index (χ0n) is 6.61. The summed E-state index contributed by atoms with van der Waals surface area (Å²) in [5, 5.41) is 7.06. The molecule has 12 heavy (non-hydrogen) atoms. The summed E-state index contributed by atoms with van der Waals surface area (Å²) in [5.41, 5.74) is 0. The molecule has 1 aromatic rings. The first-order valence-corrected chi connectivity index (χ1v) is 3.77. The van der Waals surface area contributed by atoms with Crippen LogP contribution in [0, 0.1) is 12.8 Å². The minimum Gasteiger partial charge on any atom is -0.393 e. The Labute approximate surface area is 68.7 Å². The molecule has 0 aliphatic heterocycles. The van der Waals surface area contributed by atoms with Gasteiger partial charge in [-0.05, 0) is 12.8 Å². The predicted molar refractivity (Wildman–Crippen MR) is 37.4 cm³/mol. The second-order valence-electron chi connectivity index (χ2n) is 2.78. The van der Waals surface area contributed by atoms with Gasteiger partial charge in [-0.25, -0.2) is 0 Å². The summed E-state index contributed by atoms with van der Waals surface area (Å²) in [4.78, 5) is 11.0. The van der Waals surface area contributed by atoms with E-state index in [2.05, 4.69) is 10.2 Å². The summed E-state index contributed by atoms with van der Waals surface area (Å²) in [7, 11) is 0. The number of rotatable bonds is 2. The third-order valence-electron chi connectivity index (χ3n) is 1.61. The van der Waals surface area contributed by atoms with Gasteiger partial charge < -0.3 is 9.15 Å². The molecule has 0 atom stereocenters. The number of hydrogen-bond donors (Lipinski definition) is 0. The Morgan fingerprint density at radius 2 is 2.33 bits per heavy atom. The first kappa shape index (κ1) is 7.27. The number of nitrogens with zero attached hydrogens (tertiary/aromatic N) is 2. The van der Waals surface area contributed by atoms with Gasteiger partial charge in [-0.15, -0.1) is 5.10 Å². The van der Waals surface area contributed by atoms with E-state index in [4.69, 9.17) is 9.15 Å². The number of hydrogen-bond acceptors (Lipinski definition) is 5. The Hall–Kier alpha value is -1.39. The van der Waals surface area contributed by atoms with E-state index in [1.807, 2.05) is 0 Å². The molecule has 5 heteroatoms. The average molecular weight is 168 g/mol. The van der Waals surface area contributed by atoms with Crippen molar-refractivity contribution in [2.45, 2.75) is 19.8 Å². The molecular weight excluding hydrogens is 160 g/mol. The van der Waals surface area contributed by atoms with Crippen LogP contribution in [-0.4, -0.2) is 16.2 Å². The minimum absolute atomic E-state index is 0.0515. The quantitative estimate of drug-likeness (QED) is 0.608. The summed E-state index contributed by atoms with van der Waals surface area (Å²) in [6.45, 7) is 1.64. The van der Waals surface area contributed by atoms with Crippen molar-refractivity contribution in [2.75, 3.05) is 0 Å². The van der Waals surface area contributed by atoms with Crippen molar-refractivity contribution in [3.63, 3.8) is 0 Å². The van der Waals surface area contributed by atoms with Crippen LogP contribution < -0.4 is 4.74 Å². The third kappa shape index (κ3) is 1.44. The van der Waals surface area contributed by atoms with Crippen molar-refractivity contribution in [1.29, 1.82) is 0 Å². The largest absolute Gasteiger partial charge is 0.422 e. The van der Waals surface area contributed by atoms with Gasteiger partial charge in [0.05, 0.1) is 5.92 Å². The minimum atomic E-state index is -0.265. The summed E-state index contributed by atoms with van der Waals surface area (Å²) in [5.74, 6) is 0.185. The Balaban J connectivity index is 1.98. The van der Waals surface area contributed by atoms with Crippen LogP contribution in [0.15, 0.2) is 4.42 Å². The molecule has 2 rings (SSSR count). The van der Waals surface area contributed by atoms with Crippen molar-refractivity contribution >= 4 is 5.97 Å². The predicted octanol–water partition coefficient (Wildman–Crippen LogP) is 0.693. The zero-order valence-corrected chi connectivity index (χ0v) is 6.61. The molecule has 0 saturated heterocycles. The van der Waals surface area contributed by atoms with Crippen LogP contribution in [0.3, 0.4) is 0 Å². The summed E-state index contributed by atoms with van der Waals surface area (Å²) in [6.07, 6.45) is 1.77. The van der Waals surface area contributed by atoms with E-state index in [0.717, 1.165) is 12.8 Å². The first-order valence-electron chi connectivity index (χ1n) is 3.77. The monoisotopic (exact) mass is 168 g/mol. The fourth-order valence-corrected chi connectivity index (χ4v) is 0.808. The van der Waals surface area contributed by atoms with Gasteiger partial charge in [0.2, 0.25) is 5.89 Å². The molecule has 5 nitrogen and oxygen atoms in total. The number of ether oxygens (including phenoxy) is 1. The molecule has 0 bridgehead atoms. The summed E-state index contributed by atoms with van der Waals surface area (Å²) < 4.78 is 9.65. The maximum Gasteiger partial charge on any atom is 0.422 e. The van der Waals surface area contributed by atoms with Crippen LogP contribution in [0.4, 0.5) is 0 Å². The van der Waals surface area contributed by atoms with E-state index in [-0.39, 0.29) is 18.0 Å². The van der Waals surface area contributed by atoms with E-state index >= 15 is 0 Å². The van der Waals surface area contributed by atoms with E-state index in [0.29, 0.717) is 5.89 Å². The lowest BCUT2D eigenvalue weighted by molar-refractivity contribution is -0.137. The molecule has 0 aromatic carbocycles. The van der Waals surface area contributed by atoms with Gasteiger partial charge in [0, 0.05) is 6.92 Å². The van der Waals surface area contributed by atoms with Crippen LogP contribution in [-0.2, 0) is 4.79 Å². The highest BCUT2D eigenvalue weighted by molar-refractivity contribution is 5.76. The van der Waals surface area contributed by atoms with Crippen molar-refractivity contribution < 1.29 is 13.9 Å². The van der Waals surface area contributed by atoms with E-state index < -0.39 is 0 Å². The Bertz CT molecular complexity index is 303. The topological polar surface area (TPSA) is 65.2 Å². The van der Waals surface area contributed by atoms with E-state index in [9.17, 15) is 4.79 Å². The van der Waals surface area contributed by atoms with Gasteiger partial charge >= 0.3 is 12.0 Å². The normalized spacial score (nSPS) is 16.1. The number of aryl methyl sites for hydroxylation is 1. The molecule has 0 radical (unpaired) electrons. The van der Waals surface area contributed by atoms with Gasteiger partial charge in [0.15, 0.2) is 0 Å². The number of carbonyl (C=O) groups excluding carboxylic acids is 1. The number of esters is 1. The van der Waals surface area contributed by atoms with Crippen LogP contribution in [0.2, 0.25) is 0 Å². The highest BCUT2D eigenvalue weighted by Crippen LogP contribution is 2.30. The highest BCUT2D eigenvalue weighted by atomic mass is 16.6. The third-order valence-corrected chi connectivity index (χ3v) is 1.61. The molecular formula is C7H8N2O3. The SMILES string of the molecule is Cc1nnc(OC(=O)C2CC2)o1. The molecule has 0 spiro atoms. The Morgan fingerprint density at radius 3 is 2.83 bits per heavy atom. The molecule has 0 unspecified atom stereocenters. The Morgan fingerprint density at radius 1 is 1.58 bits per heavy atom. The molecule has 0 amide bonds. The lowest BCUT2D eigenvalue weighted by Crippen LogP contribution is -2.09. The maximum absolute atomic E-state index is 11.0. The Kier molecular flexibility index (Phi) is 1.56. The lowest BCUT2D eigenvalue weighted by Gasteiger charge is -1.93. The molecule has 1 heterocycles. The molecule has 1 aliphatic carbocycles. The average Bonchev–Trinajstić information content (AvgIpc) is 2.78. The lowest BCUT2D eigenvalue weighted by atomic mass is 10.4. The summed E-state index contributed by atoms with van der Waals surface area (Å²) >= 11 is 0. The molecule has 0 N–H and O–H groups in total. The number of carbonyl (C=O) groups is 1. The first-order chi connectivity index (χ1) is 5.75. The molecule has 1 fully saturated rings. The molecule has 1 saturated carbocycles. The van der Waals surface area contributed by atoms with Gasteiger partial charge in [0.25, 0.3) is 0 Å². The van der Waals surface area contributed by atoms with Crippen LogP contribution in [0.1, 0.15) is 18.7 Å². The highest BCUT2D eigenvalue weighted by Gasteiger charge is 2.32. The van der Waals surface area contributed by atoms with Crippen molar-refractivity contribution in [3.05, 3.63) is 5.89 Å². The second kappa shape index (κ2) is 2.58. The fraction of sp³-hybridized carbons (Fsp3) is 0.571.